The highest BCUT2D eigenvalue weighted by molar-refractivity contribution is 7.98. The van der Waals surface area contributed by atoms with Gasteiger partial charge in [-0.1, -0.05) is 52.8 Å². The standard InChI is InChI=1S/C18H13ClN4O3S/c1-24-14-8-3-2-7-13(14)17-21-22-18(25-17)27-10-15-20-16(23-26-15)11-5-4-6-12(19)9-11/h2-9H,10H2,1H3. The molecule has 4 aromatic rings. The number of ether oxygens (including phenoxy) is 1. The minimum absolute atomic E-state index is 0.389. The lowest BCUT2D eigenvalue weighted by atomic mass is 10.2. The van der Waals surface area contributed by atoms with Gasteiger partial charge < -0.3 is 13.7 Å². The van der Waals surface area contributed by atoms with Crippen LogP contribution in [0.1, 0.15) is 5.89 Å². The van der Waals surface area contributed by atoms with Crippen molar-refractivity contribution in [1.82, 2.24) is 20.3 Å². The SMILES string of the molecule is COc1ccccc1-c1nnc(SCc2nc(-c3cccc(Cl)c3)no2)o1. The number of benzene rings is 2. The summed E-state index contributed by atoms with van der Waals surface area (Å²) in [6.07, 6.45) is 0. The highest BCUT2D eigenvalue weighted by Crippen LogP contribution is 2.31. The van der Waals surface area contributed by atoms with Crippen LogP contribution in [-0.4, -0.2) is 27.4 Å². The Kier molecular flexibility index (Phi) is 5.08. The first-order chi connectivity index (χ1) is 13.2. The Hall–Kier alpha value is -2.84. The third-order valence-electron chi connectivity index (χ3n) is 3.61. The van der Waals surface area contributed by atoms with E-state index in [0.29, 0.717) is 39.4 Å². The molecule has 0 aliphatic heterocycles. The van der Waals surface area contributed by atoms with Crippen LogP contribution in [0.5, 0.6) is 5.75 Å². The Labute approximate surface area is 163 Å². The fourth-order valence-corrected chi connectivity index (χ4v) is 3.17. The van der Waals surface area contributed by atoms with E-state index in [1.54, 1.807) is 19.2 Å². The number of methoxy groups -OCH3 is 1. The van der Waals surface area contributed by atoms with Crippen LogP contribution in [0.15, 0.2) is 62.7 Å². The van der Waals surface area contributed by atoms with E-state index in [-0.39, 0.29) is 0 Å². The first-order valence-electron chi connectivity index (χ1n) is 7.91. The average molecular weight is 401 g/mol. The summed E-state index contributed by atoms with van der Waals surface area (Å²) in [7, 11) is 1.60. The summed E-state index contributed by atoms with van der Waals surface area (Å²) < 4.78 is 16.3. The molecule has 136 valence electrons. The van der Waals surface area contributed by atoms with Gasteiger partial charge in [0.2, 0.25) is 11.7 Å². The van der Waals surface area contributed by atoms with E-state index >= 15 is 0 Å². The number of halogens is 1. The molecule has 9 heteroatoms. The van der Waals surface area contributed by atoms with Crippen LogP contribution in [0.4, 0.5) is 0 Å². The van der Waals surface area contributed by atoms with Crippen molar-refractivity contribution >= 4 is 23.4 Å². The number of hydrogen-bond acceptors (Lipinski definition) is 8. The van der Waals surface area contributed by atoms with Gasteiger partial charge in [0.15, 0.2) is 0 Å². The summed E-state index contributed by atoms with van der Waals surface area (Å²) in [5.41, 5.74) is 1.53. The van der Waals surface area contributed by atoms with Crippen LogP contribution in [-0.2, 0) is 5.75 Å². The van der Waals surface area contributed by atoms with Crippen molar-refractivity contribution in [3.05, 3.63) is 59.4 Å². The van der Waals surface area contributed by atoms with Crippen molar-refractivity contribution in [2.24, 2.45) is 0 Å². The van der Waals surface area contributed by atoms with Crippen molar-refractivity contribution in [2.75, 3.05) is 7.11 Å². The molecular formula is C18H13ClN4O3S. The minimum Gasteiger partial charge on any atom is -0.496 e. The first-order valence-corrected chi connectivity index (χ1v) is 9.27. The topological polar surface area (TPSA) is 87.1 Å². The van der Waals surface area contributed by atoms with Gasteiger partial charge >= 0.3 is 0 Å². The van der Waals surface area contributed by atoms with Gasteiger partial charge in [0.05, 0.1) is 18.4 Å². The lowest BCUT2D eigenvalue weighted by Gasteiger charge is -2.03. The first kappa shape index (κ1) is 17.6. The van der Waals surface area contributed by atoms with Gasteiger partial charge in [-0.05, 0) is 24.3 Å². The molecule has 0 saturated carbocycles. The van der Waals surface area contributed by atoms with E-state index in [9.17, 15) is 0 Å². The lowest BCUT2D eigenvalue weighted by Crippen LogP contribution is -1.87. The molecule has 0 bridgehead atoms. The number of thioether (sulfide) groups is 1. The Morgan fingerprint density at radius 2 is 2.00 bits per heavy atom. The zero-order valence-electron chi connectivity index (χ0n) is 14.1. The molecule has 0 radical (unpaired) electrons. The number of hydrogen-bond donors (Lipinski definition) is 0. The van der Waals surface area contributed by atoms with Crippen LogP contribution in [0.2, 0.25) is 5.02 Å². The van der Waals surface area contributed by atoms with Crippen molar-refractivity contribution in [1.29, 1.82) is 0 Å². The molecule has 0 unspecified atom stereocenters. The van der Waals surface area contributed by atoms with Crippen LogP contribution in [0, 0.1) is 0 Å². The molecule has 0 fully saturated rings. The van der Waals surface area contributed by atoms with E-state index in [2.05, 4.69) is 20.3 Å². The van der Waals surface area contributed by atoms with Crippen LogP contribution in [0.25, 0.3) is 22.8 Å². The van der Waals surface area contributed by atoms with Gasteiger partial charge in [0, 0.05) is 10.6 Å². The molecule has 0 aliphatic rings. The number of rotatable bonds is 6. The van der Waals surface area contributed by atoms with Crippen molar-refractivity contribution in [3.8, 4) is 28.6 Å². The highest BCUT2D eigenvalue weighted by atomic mass is 35.5. The Balaban J connectivity index is 1.45. The molecule has 27 heavy (non-hydrogen) atoms. The number of aromatic nitrogens is 4. The van der Waals surface area contributed by atoms with Gasteiger partial charge in [0.1, 0.15) is 5.75 Å². The molecule has 0 N–H and O–H groups in total. The van der Waals surface area contributed by atoms with Crippen LogP contribution >= 0.6 is 23.4 Å². The average Bonchev–Trinajstić information content (AvgIpc) is 3.36. The zero-order chi connectivity index (χ0) is 18.6. The maximum Gasteiger partial charge on any atom is 0.277 e. The zero-order valence-corrected chi connectivity index (χ0v) is 15.7. The third-order valence-corrected chi connectivity index (χ3v) is 4.65. The maximum atomic E-state index is 5.99. The molecular weight excluding hydrogens is 388 g/mol. The molecule has 7 nitrogen and oxygen atoms in total. The van der Waals surface area contributed by atoms with E-state index < -0.39 is 0 Å². The van der Waals surface area contributed by atoms with Gasteiger partial charge in [-0.15, -0.1) is 10.2 Å². The lowest BCUT2D eigenvalue weighted by molar-refractivity contribution is 0.390. The predicted molar refractivity (Wildman–Crippen MR) is 101 cm³/mol. The maximum absolute atomic E-state index is 5.99. The summed E-state index contributed by atoms with van der Waals surface area (Å²) in [6, 6.07) is 14.7. The Morgan fingerprint density at radius 1 is 1.11 bits per heavy atom. The predicted octanol–water partition coefficient (Wildman–Crippen LogP) is 4.74. The van der Waals surface area contributed by atoms with Crippen molar-refractivity contribution in [2.45, 2.75) is 11.0 Å². The van der Waals surface area contributed by atoms with E-state index in [1.165, 1.54) is 11.8 Å². The highest BCUT2D eigenvalue weighted by Gasteiger charge is 2.15. The smallest absolute Gasteiger partial charge is 0.277 e. The monoisotopic (exact) mass is 400 g/mol. The largest absolute Gasteiger partial charge is 0.496 e. The molecule has 0 atom stereocenters. The van der Waals surface area contributed by atoms with Gasteiger partial charge in [-0.25, -0.2) is 0 Å². The number of para-hydroxylation sites is 1. The fraction of sp³-hybridized carbons (Fsp3) is 0.111. The molecule has 0 amide bonds. The molecule has 2 aromatic carbocycles. The van der Waals surface area contributed by atoms with Gasteiger partial charge in [-0.3, -0.25) is 0 Å². The molecule has 0 aliphatic carbocycles. The van der Waals surface area contributed by atoms with E-state index in [0.717, 1.165) is 11.1 Å². The second-order valence-electron chi connectivity index (χ2n) is 5.38. The van der Waals surface area contributed by atoms with Crippen LogP contribution < -0.4 is 4.74 Å². The fourth-order valence-electron chi connectivity index (χ4n) is 2.38. The molecule has 2 aromatic heterocycles. The molecule has 4 rings (SSSR count). The van der Waals surface area contributed by atoms with Crippen molar-refractivity contribution < 1.29 is 13.7 Å². The van der Waals surface area contributed by atoms with E-state index in [1.807, 2.05) is 36.4 Å². The summed E-state index contributed by atoms with van der Waals surface area (Å²) in [6.45, 7) is 0. The summed E-state index contributed by atoms with van der Waals surface area (Å²) in [4.78, 5) is 4.36. The second-order valence-corrected chi connectivity index (χ2v) is 6.75. The Morgan fingerprint density at radius 3 is 2.85 bits per heavy atom. The van der Waals surface area contributed by atoms with Gasteiger partial charge in [0.25, 0.3) is 11.1 Å². The van der Waals surface area contributed by atoms with Crippen molar-refractivity contribution in [3.63, 3.8) is 0 Å². The quantitative estimate of drug-likeness (QED) is 0.429. The Bertz CT molecular complexity index is 1070. The third kappa shape index (κ3) is 3.96. The summed E-state index contributed by atoms with van der Waals surface area (Å²) in [5.74, 6) is 2.39. The second kappa shape index (κ2) is 7.81. The normalized spacial score (nSPS) is 10.9. The van der Waals surface area contributed by atoms with E-state index in [4.69, 9.17) is 25.3 Å². The summed E-state index contributed by atoms with van der Waals surface area (Å²) in [5, 5.41) is 13.1. The van der Waals surface area contributed by atoms with Gasteiger partial charge in [-0.2, -0.15) is 4.98 Å². The molecule has 2 heterocycles. The molecule has 0 saturated heterocycles. The van der Waals surface area contributed by atoms with Crippen LogP contribution in [0.3, 0.4) is 0 Å². The molecule has 0 spiro atoms. The minimum atomic E-state index is 0.389. The number of nitrogens with zero attached hydrogens (tertiary/aromatic N) is 4. The summed E-state index contributed by atoms with van der Waals surface area (Å²) >= 11 is 7.30.